The van der Waals surface area contributed by atoms with Crippen molar-refractivity contribution in [3.63, 3.8) is 0 Å². The van der Waals surface area contributed by atoms with Gasteiger partial charge in [-0.25, -0.2) is 4.79 Å². The molecule has 0 heterocycles. The first-order valence-electron chi connectivity index (χ1n) is 3.86. The highest BCUT2D eigenvalue weighted by Crippen LogP contribution is 2.07. The summed E-state index contributed by atoms with van der Waals surface area (Å²) in [4.78, 5) is 21.2. The highest BCUT2D eigenvalue weighted by molar-refractivity contribution is 5.82. The maximum absolute atomic E-state index is 10.6. The first-order valence-corrected chi connectivity index (χ1v) is 3.86. The molecule has 0 rings (SSSR count). The van der Waals surface area contributed by atoms with Gasteiger partial charge in [0.1, 0.15) is 6.04 Å². The van der Waals surface area contributed by atoms with E-state index in [0.29, 0.717) is 0 Å². The lowest BCUT2D eigenvalue weighted by Crippen LogP contribution is -2.44. The Morgan fingerprint density at radius 1 is 1.62 bits per heavy atom. The van der Waals surface area contributed by atoms with E-state index >= 15 is 0 Å². The zero-order valence-corrected chi connectivity index (χ0v) is 7.57. The first-order chi connectivity index (χ1) is 5.99. The van der Waals surface area contributed by atoms with Gasteiger partial charge >= 0.3 is 5.97 Å². The number of hydrogen-bond donors (Lipinski definition) is 2. The van der Waals surface area contributed by atoms with Crippen LogP contribution < -0.4 is 5.32 Å². The van der Waals surface area contributed by atoms with Crippen molar-refractivity contribution in [3.05, 3.63) is 0 Å². The average molecular weight is 184 g/mol. The number of nitrogens with zero attached hydrogens (tertiary/aromatic N) is 1. The molecule has 0 aliphatic heterocycles. The maximum Gasteiger partial charge on any atom is 0.326 e. The van der Waals surface area contributed by atoms with E-state index in [-0.39, 0.29) is 12.3 Å². The number of carboxylic acids is 1. The third-order valence-electron chi connectivity index (χ3n) is 1.61. The van der Waals surface area contributed by atoms with E-state index in [9.17, 15) is 9.59 Å². The van der Waals surface area contributed by atoms with Gasteiger partial charge in [0.2, 0.25) is 5.91 Å². The normalized spacial score (nSPS) is 13.9. The van der Waals surface area contributed by atoms with E-state index < -0.39 is 17.9 Å². The second-order valence-electron chi connectivity index (χ2n) is 2.86. The van der Waals surface area contributed by atoms with E-state index in [1.807, 2.05) is 6.07 Å². The molecule has 72 valence electrons. The molecule has 2 N–H and O–H groups in total. The fraction of sp³-hybridized carbons (Fsp3) is 0.625. The molecule has 1 amide bonds. The molecule has 2 unspecified atom stereocenters. The molecular weight excluding hydrogens is 172 g/mol. The number of nitrogens with one attached hydrogen (secondary N) is 1. The van der Waals surface area contributed by atoms with Crippen molar-refractivity contribution >= 4 is 11.9 Å². The largest absolute Gasteiger partial charge is 0.480 e. The predicted octanol–water partition coefficient (Wildman–Crippen LogP) is 0.125. The molecule has 0 aromatic carbocycles. The van der Waals surface area contributed by atoms with E-state index in [1.54, 1.807) is 6.92 Å². The predicted molar refractivity (Wildman–Crippen MR) is 44.6 cm³/mol. The maximum atomic E-state index is 10.6. The van der Waals surface area contributed by atoms with Crippen LogP contribution in [0.2, 0.25) is 0 Å². The van der Waals surface area contributed by atoms with Gasteiger partial charge in [0.15, 0.2) is 0 Å². The number of hydrogen-bond acceptors (Lipinski definition) is 3. The Morgan fingerprint density at radius 3 is 2.46 bits per heavy atom. The number of amides is 1. The van der Waals surface area contributed by atoms with Crippen molar-refractivity contribution in [2.75, 3.05) is 0 Å². The van der Waals surface area contributed by atoms with Gasteiger partial charge in [-0.3, -0.25) is 4.79 Å². The third kappa shape index (κ3) is 4.11. The minimum absolute atomic E-state index is 0.108. The van der Waals surface area contributed by atoms with E-state index in [4.69, 9.17) is 10.4 Å². The highest BCUT2D eigenvalue weighted by Gasteiger charge is 2.24. The van der Waals surface area contributed by atoms with Gasteiger partial charge in [-0.2, -0.15) is 5.26 Å². The lowest BCUT2D eigenvalue weighted by Gasteiger charge is -2.17. The molecule has 0 saturated heterocycles. The number of nitriles is 1. The summed E-state index contributed by atoms with van der Waals surface area (Å²) in [5, 5.41) is 19.3. The van der Waals surface area contributed by atoms with Crippen LogP contribution in [0, 0.1) is 17.2 Å². The Balaban J connectivity index is 4.34. The average Bonchev–Trinajstić information content (AvgIpc) is 1.99. The molecule has 0 aliphatic rings. The molecule has 13 heavy (non-hydrogen) atoms. The quantitative estimate of drug-likeness (QED) is 0.649. The van der Waals surface area contributed by atoms with Crippen molar-refractivity contribution in [1.82, 2.24) is 5.32 Å². The molecular formula is C8H12N2O3. The van der Waals surface area contributed by atoms with Crippen LogP contribution in [0.5, 0.6) is 0 Å². The smallest absolute Gasteiger partial charge is 0.326 e. The van der Waals surface area contributed by atoms with Crippen LogP contribution in [0.3, 0.4) is 0 Å². The van der Waals surface area contributed by atoms with Gasteiger partial charge in [0.05, 0.1) is 6.07 Å². The molecule has 2 atom stereocenters. The summed E-state index contributed by atoms with van der Waals surface area (Å²) in [5.74, 6) is -1.90. The topological polar surface area (TPSA) is 90.2 Å². The summed E-state index contributed by atoms with van der Waals surface area (Å²) in [6.45, 7) is 2.85. The monoisotopic (exact) mass is 184 g/mol. The molecule has 5 heteroatoms. The Labute approximate surface area is 76.4 Å². The second-order valence-corrected chi connectivity index (χ2v) is 2.86. The zero-order valence-electron chi connectivity index (χ0n) is 7.57. The Morgan fingerprint density at radius 2 is 2.15 bits per heavy atom. The molecule has 0 bridgehead atoms. The molecule has 5 nitrogen and oxygen atoms in total. The fourth-order valence-corrected chi connectivity index (χ4v) is 0.928. The Kier molecular flexibility index (Phi) is 4.52. The molecule has 0 aromatic heterocycles. The van der Waals surface area contributed by atoms with Crippen molar-refractivity contribution in [2.24, 2.45) is 5.92 Å². The van der Waals surface area contributed by atoms with Gasteiger partial charge in [-0.1, -0.05) is 6.92 Å². The molecule has 0 spiro atoms. The summed E-state index contributed by atoms with van der Waals surface area (Å²) >= 11 is 0. The van der Waals surface area contributed by atoms with Crippen molar-refractivity contribution < 1.29 is 14.7 Å². The second kappa shape index (κ2) is 5.14. The Hall–Kier alpha value is -1.57. The molecule has 0 aromatic rings. The van der Waals surface area contributed by atoms with E-state index in [0.717, 1.165) is 0 Å². The van der Waals surface area contributed by atoms with Gasteiger partial charge in [0.25, 0.3) is 0 Å². The van der Waals surface area contributed by atoms with E-state index in [1.165, 1.54) is 6.92 Å². The van der Waals surface area contributed by atoms with Crippen LogP contribution in [0.1, 0.15) is 20.3 Å². The van der Waals surface area contributed by atoms with Crippen LogP contribution in [-0.4, -0.2) is 23.0 Å². The molecule has 0 saturated carbocycles. The molecule has 0 radical (unpaired) electrons. The standard InChI is InChI=1S/C8H12N2O3/c1-5(3-4-9)7(8(12)13)10-6(2)11/h5,7H,3H2,1-2H3,(H,10,11)(H,12,13). The summed E-state index contributed by atoms with van der Waals surface area (Å²) in [7, 11) is 0. The van der Waals surface area contributed by atoms with Crippen LogP contribution >= 0.6 is 0 Å². The number of rotatable bonds is 4. The zero-order chi connectivity index (χ0) is 10.4. The van der Waals surface area contributed by atoms with Crippen LogP contribution in [0.25, 0.3) is 0 Å². The Bertz CT molecular complexity index is 244. The van der Waals surface area contributed by atoms with Gasteiger partial charge in [0, 0.05) is 19.3 Å². The summed E-state index contributed by atoms with van der Waals surface area (Å²) in [5.41, 5.74) is 0. The van der Waals surface area contributed by atoms with Crippen LogP contribution in [0.15, 0.2) is 0 Å². The van der Waals surface area contributed by atoms with Crippen LogP contribution in [-0.2, 0) is 9.59 Å². The van der Waals surface area contributed by atoms with Crippen LogP contribution in [0.4, 0.5) is 0 Å². The lowest BCUT2D eigenvalue weighted by molar-refractivity contribution is -0.142. The van der Waals surface area contributed by atoms with E-state index in [2.05, 4.69) is 5.32 Å². The lowest BCUT2D eigenvalue weighted by atomic mass is 9.99. The number of aliphatic carboxylic acids is 1. The summed E-state index contributed by atoms with van der Waals surface area (Å²) < 4.78 is 0. The van der Waals surface area contributed by atoms with Gasteiger partial charge in [-0.15, -0.1) is 0 Å². The van der Waals surface area contributed by atoms with Gasteiger partial charge < -0.3 is 10.4 Å². The van der Waals surface area contributed by atoms with Crippen molar-refractivity contribution in [3.8, 4) is 6.07 Å². The highest BCUT2D eigenvalue weighted by atomic mass is 16.4. The minimum atomic E-state index is -1.11. The number of carboxylic acid groups (broad SMARTS) is 1. The first kappa shape index (κ1) is 11.4. The van der Waals surface area contributed by atoms with Crippen molar-refractivity contribution in [2.45, 2.75) is 26.3 Å². The summed E-state index contributed by atoms with van der Waals surface area (Å²) in [6.07, 6.45) is 0.108. The fourth-order valence-electron chi connectivity index (χ4n) is 0.928. The minimum Gasteiger partial charge on any atom is -0.480 e. The number of carbonyl (C=O) groups excluding carboxylic acids is 1. The third-order valence-corrected chi connectivity index (χ3v) is 1.61. The molecule has 0 fully saturated rings. The molecule has 0 aliphatic carbocycles. The van der Waals surface area contributed by atoms with Crippen molar-refractivity contribution in [1.29, 1.82) is 5.26 Å². The summed E-state index contributed by atoms with van der Waals surface area (Å²) in [6, 6.07) is 0.887. The number of carbonyl (C=O) groups is 2. The van der Waals surface area contributed by atoms with Gasteiger partial charge in [-0.05, 0) is 0 Å². The SMILES string of the molecule is CC(=O)NC(C(=O)O)C(C)CC#N.